The molecule has 4 aliphatic rings. The molecular formula is C20H25NO2. The van der Waals surface area contributed by atoms with E-state index in [2.05, 4.69) is 11.8 Å². The van der Waals surface area contributed by atoms with Crippen LogP contribution in [0.5, 0.6) is 5.75 Å². The van der Waals surface area contributed by atoms with Crippen molar-refractivity contribution in [1.29, 1.82) is 0 Å². The number of phenolic OH excluding ortho intramolecular Hbond substituents is 1. The Morgan fingerprint density at radius 3 is 3.09 bits per heavy atom. The molecule has 1 N–H and O–H groups in total. The van der Waals surface area contributed by atoms with Gasteiger partial charge in [-0.2, -0.15) is 0 Å². The Morgan fingerprint density at radius 2 is 2.22 bits per heavy atom. The first-order valence-corrected chi connectivity index (χ1v) is 9.23. The number of nitrogens with zero attached hydrogens (tertiary/aromatic N) is 1. The summed E-state index contributed by atoms with van der Waals surface area (Å²) in [7, 11) is 0. The molecule has 4 bridgehead atoms. The number of hydrogen-bond donors (Lipinski definition) is 1. The van der Waals surface area contributed by atoms with Crippen molar-refractivity contribution in [3.05, 3.63) is 29.5 Å². The molecule has 3 nitrogen and oxygen atoms in total. The van der Waals surface area contributed by atoms with E-state index >= 15 is 0 Å². The van der Waals surface area contributed by atoms with Crippen LogP contribution in [0.2, 0.25) is 0 Å². The minimum Gasteiger partial charge on any atom is -0.508 e. The molecule has 3 aliphatic heterocycles. The van der Waals surface area contributed by atoms with Gasteiger partial charge in [0.1, 0.15) is 17.1 Å². The molecule has 2 saturated heterocycles. The van der Waals surface area contributed by atoms with E-state index in [4.69, 9.17) is 4.42 Å². The number of benzene rings is 1. The van der Waals surface area contributed by atoms with E-state index in [1.54, 1.807) is 6.07 Å². The fourth-order valence-corrected chi connectivity index (χ4v) is 5.78. The lowest BCUT2D eigenvalue weighted by atomic mass is 9.65. The maximum Gasteiger partial charge on any atom is 0.134 e. The summed E-state index contributed by atoms with van der Waals surface area (Å²) in [5.74, 6) is 3.83. The van der Waals surface area contributed by atoms with Gasteiger partial charge in [-0.3, -0.25) is 4.90 Å². The third-order valence-electron chi connectivity index (χ3n) is 6.48. The van der Waals surface area contributed by atoms with Gasteiger partial charge in [-0.1, -0.05) is 13.3 Å². The van der Waals surface area contributed by atoms with Gasteiger partial charge in [-0.05, 0) is 55.7 Å². The van der Waals surface area contributed by atoms with E-state index in [0.29, 0.717) is 17.7 Å². The van der Waals surface area contributed by atoms with E-state index in [1.165, 1.54) is 43.6 Å². The van der Waals surface area contributed by atoms with Crippen LogP contribution in [0, 0.1) is 11.8 Å². The van der Waals surface area contributed by atoms with Crippen LogP contribution < -0.4 is 0 Å². The lowest BCUT2D eigenvalue weighted by Gasteiger charge is -2.53. The quantitative estimate of drug-likeness (QED) is 0.899. The van der Waals surface area contributed by atoms with Gasteiger partial charge in [0.15, 0.2) is 0 Å². The van der Waals surface area contributed by atoms with Gasteiger partial charge in [-0.15, -0.1) is 0 Å². The molecule has 0 radical (unpaired) electrons. The van der Waals surface area contributed by atoms with Crippen molar-refractivity contribution in [2.24, 2.45) is 11.8 Å². The Morgan fingerprint density at radius 1 is 1.30 bits per heavy atom. The fraction of sp³-hybridized carbons (Fsp3) is 0.600. The topological polar surface area (TPSA) is 36.6 Å². The van der Waals surface area contributed by atoms with E-state index in [1.807, 2.05) is 12.1 Å². The minimum atomic E-state index is 0.346. The molecule has 0 amide bonds. The van der Waals surface area contributed by atoms with Gasteiger partial charge in [0, 0.05) is 36.0 Å². The van der Waals surface area contributed by atoms with Crippen molar-refractivity contribution in [2.75, 3.05) is 13.1 Å². The first-order valence-electron chi connectivity index (χ1n) is 9.23. The molecule has 5 atom stereocenters. The molecular weight excluding hydrogens is 286 g/mol. The second-order valence-corrected chi connectivity index (χ2v) is 7.85. The fourth-order valence-electron chi connectivity index (χ4n) is 5.78. The van der Waals surface area contributed by atoms with Crippen LogP contribution in [-0.2, 0) is 6.42 Å². The molecule has 3 fully saturated rings. The molecule has 0 spiro atoms. The SMILES string of the molecule is CCC[C@H]1C[C@H]2C[C@H]3c4oc5ccc(O)cc5c4CCN(C2)C13. The molecule has 2 aromatic rings. The van der Waals surface area contributed by atoms with Crippen molar-refractivity contribution >= 4 is 11.0 Å². The monoisotopic (exact) mass is 311 g/mol. The molecule has 1 saturated carbocycles. The van der Waals surface area contributed by atoms with Gasteiger partial charge in [-0.25, -0.2) is 0 Å². The second kappa shape index (κ2) is 5.01. The summed E-state index contributed by atoms with van der Waals surface area (Å²) in [6.07, 6.45) is 6.41. The van der Waals surface area contributed by atoms with Crippen molar-refractivity contribution < 1.29 is 9.52 Å². The number of phenols is 1. The van der Waals surface area contributed by atoms with Gasteiger partial charge < -0.3 is 9.52 Å². The number of rotatable bonds is 2. The summed E-state index contributed by atoms with van der Waals surface area (Å²) >= 11 is 0. The molecule has 2 unspecified atom stereocenters. The molecule has 23 heavy (non-hydrogen) atoms. The van der Waals surface area contributed by atoms with E-state index in [9.17, 15) is 5.11 Å². The zero-order chi connectivity index (χ0) is 15.6. The van der Waals surface area contributed by atoms with Crippen molar-refractivity contribution in [1.82, 2.24) is 4.90 Å². The Kier molecular flexibility index (Phi) is 3.03. The zero-order valence-electron chi connectivity index (χ0n) is 13.8. The number of fused-ring (bicyclic) bond motifs is 4. The highest BCUT2D eigenvalue weighted by atomic mass is 16.3. The summed E-state index contributed by atoms with van der Waals surface area (Å²) in [4.78, 5) is 2.76. The Hall–Kier alpha value is -1.48. The molecule has 3 heteroatoms. The van der Waals surface area contributed by atoms with E-state index in [0.717, 1.165) is 35.8 Å². The Bertz CT molecular complexity index is 749. The van der Waals surface area contributed by atoms with Crippen LogP contribution in [0.25, 0.3) is 11.0 Å². The third-order valence-corrected chi connectivity index (χ3v) is 6.48. The maximum atomic E-state index is 9.87. The van der Waals surface area contributed by atoms with Crippen LogP contribution in [0.3, 0.4) is 0 Å². The van der Waals surface area contributed by atoms with Gasteiger partial charge in [0.25, 0.3) is 0 Å². The Balaban J connectivity index is 1.64. The first-order chi connectivity index (χ1) is 11.2. The summed E-state index contributed by atoms with van der Waals surface area (Å²) in [6.45, 7) is 4.75. The molecule has 122 valence electrons. The number of aromatic hydroxyl groups is 1. The minimum absolute atomic E-state index is 0.346. The molecule has 1 aromatic carbocycles. The predicted molar refractivity (Wildman–Crippen MR) is 90.8 cm³/mol. The standard InChI is InChI=1S/C20H25NO2/c1-2-3-13-8-12-9-17-19(13)21(11-12)7-6-15-16-10-14(22)4-5-18(16)23-20(15)17/h4-5,10,12-13,17,19,22H,2-3,6-9,11H2,1H3/t12-,13-,17+,19?/m0/s1. The lowest BCUT2D eigenvalue weighted by molar-refractivity contribution is -0.0188. The van der Waals surface area contributed by atoms with Crippen LogP contribution in [-0.4, -0.2) is 29.1 Å². The summed E-state index contributed by atoms with van der Waals surface area (Å²) < 4.78 is 6.35. The Labute approximate surface area is 137 Å². The highest BCUT2D eigenvalue weighted by molar-refractivity contribution is 5.84. The van der Waals surface area contributed by atoms with Crippen molar-refractivity contribution in [2.45, 2.75) is 51.0 Å². The van der Waals surface area contributed by atoms with Crippen molar-refractivity contribution in [3.63, 3.8) is 0 Å². The van der Waals surface area contributed by atoms with Crippen LogP contribution in [0.1, 0.15) is 49.8 Å². The average molecular weight is 311 g/mol. The lowest BCUT2D eigenvalue weighted by Crippen LogP contribution is -2.56. The van der Waals surface area contributed by atoms with Gasteiger partial charge in [0.05, 0.1) is 0 Å². The largest absolute Gasteiger partial charge is 0.508 e. The molecule has 1 aromatic heterocycles. The smallest absolute Gasteiger partial charge is 0.134 e. The summed E-state index contributed by atoms with van der Waals surface area (Å²) in [6, 6.07) is 6.24. The summed E-state index contributed by atoms with van der Waals surface area (Å²) in [5, 5.41) is 11.0. The van der Waals surface area contributed by atoms with Gasteiger partial charge >= 0.3 is 0 Å². The van der Waals surface area contributed by atoms with Gasteiger partial charge in [0.2, 0.25) is 0 Å². The highest BCUT2D eigenvalue weighted by Gasteiger charge is 2.49. The predicted octanol–water partition coefficient (Wildman–Crippen LogP) is 4.29. The highest BCUT2D eigenvalue weighted by Crippen LogP contribution is 2.52. The zero-order valence-corrected chi connectivity index (χ0v) is 13.8. The van der Waals surface area contributed by atoms with E-state index < -0.39 is 0 Å². The summed E-state index contributed by atoms with van der Waals surface area (Å²) in [5.41, 5.74) is 2.32. The van der Waals surface area contributed by atoms with Crippen molar-refractivity contribution in [3.8, 4) is 5.75 Å². The number of furan rings is 1. The van der Waals surface area contributed by atoms with Crippen LogP contribution >= 0.6 is 0 Å². The van der Waals surface area contributed by atoms with E-state index in [-0.39, 0.29) is 0 Å². The number of hydrogen-bond acceptors (Lipinski definition) is 3. The molecule has 6 rings (SSSR count). The molecule has 1 aliphatic carbocycles. The van der Waals surface area contributed by atoms with Crippen LogP contribution in [0.4, 0.5) is 0 Å². The van der Waals surface area contributed by atoms with Crippen LogP contribution in [0.15, 0.2) is 22.6 Å². The second-order valence-electron chi connectivity index (χ2n) is 7.85. The maximum absolute atomic E-state index is 9.87. The molecule has 4 heterocycles. The average Bonchev–Trinajstić information content (AvgIpc) is 2.85. The third kappa shape index (κ3) is 1.99. The number of piperidine rings is 2. The normalized spacial score (nSPS) is 35.3. The first kappa shape index (κ1) is 13.9.